The van der Waals surface area contributed by atoms with Crippen molar-refractivity contribution in [3.63, 3.8) is 0 Å². The summed E-state index contributed by atoms with van der Waals surface area (Å²) in [7, 11) is 0. The molecule has 0 amide bonds. The predicted octanol–water partition coefficient (Wildman–Crippen LogP) is 3.39. The molecule has 0 saturated carbocycles. The number of nitrogens with one attached hydrogen (secondary N) is 1. The van der Waals surface area contributed by atoms with Crippen molar-refractivity contribution < 1.29 is 4.79 Å². The number of carbonyl (C=O) groups excluding carboxylic acids is 1. The number of hydrogen-bond acceptors (Lipinski definition) is 1. The summed E-state index contributed by atoms with van der Waals surface area (Å²) >= 11 is 3.42. The van der Waals surface area contributed by atoms with Crippen molar-refractivity contribution in [2.75, 3.05) is 0 Å². The second-order valence-corrected chi connectivity index (χ2v) is 3.80. The molecule has 14 heavy (non-hydrogen) atoms. The number of H-pyrrole nitrogens is 1. The van der Waals surface area contributed by atoms with Crippen LogP contribution in [0.1, 0.15) is 15.9 Å². The molecule has 2 nitrogen and oxygen atoms in total. The minimum Gasteiger partial charge on any atom is -0.360 e. The first-order chi connectivity index (χ1) is 6.77. The van der Waals surface area contributed by atoms with Crippen molar-refractivity contribution >= 4 is 39.2 Å². The highest BCUT2D eigenvalue weighted by Gasteiger charge is 2.08. The number of rotatable bonds is 2. The quantitative estimate of drug-likeness (QED) is 0.814. The molecule has 1 N–H and O–H groups in total. The van der Waals surface area contributed by atoms with E-state index in [9.17, 15) is 4.79 Å². The van der Waals surface area contributed by atoms with Gasteiger partial charge in [0.05, 0.1) is 0 Å². The van der Waals surface area contributed by atoms with Crippen molar-refractivity contribution in [2.24, 2.45) is 0 Å². The number of hydrogen-bond donors (Lipinski definition) is 1. The summed E-state index contributed by atoms with van der Waals surface area (Å²) < 4.78 is 0.947. The molecule has 0 fully saturated rings. The van der Waals surface area contributed by atoms with Crippen molar-refractivity contribution in [3.05, 3.63) is 40.5 Å². The van der Waals surface area contributed by atoms with Crippen LogP contribution >= 0.6 is 15.9 Å². The average molecular weight is 250 g/mol. The van der Waals surface area contributed by atoms with Gasteiger partial charge >= 0.3 is 0 Å². The van der Waals surface area contributed by atoms with Crippen molar-refractivity contribution in [1.82, 2.24) is 4.98 Å². The van der Waals surface area contributed by atoms with E-state index in [0.717, 1.165) is 27.2 Å². The maximum absolute atomic E-state index is 10.8. The molecule has 3 heteroatoms. The SMILES string of the molecule is C=Cc1c(Br)ccc2[nH]cc(C=O)c12. The third-order valence-corrected chi connectivity index (χ3v) is 2.89. The van der Waals surface area contributed by atoms with Crippen molar-refractivity contribution in [3.8, 4) is 0 Å². The lowest BCUT2D eigenvalue weighted by Crippen LogP contribution is -1.81. The number of carbonyl (C=O) groups is 1. The third kappa shape index (κ3) is 1.21. The van der Waals surface area contributed by atoms with Gasteiger partial charge in [0.1, 0.15) is 0 Å². The molecule has 1 aromatic carbocycles. The zero-order chi connectivity index (χ0) is 10.1. The fraction of sp³-hybridized carbons (Fsp3) is 0. The Bertz CT molecular complexity index is 513. The molecule has 0 aliphatic carbocycles. The van der Waals surface area contributed by atoms with Crippen LogP contribution in [-0.2, 0) is 0 Å². The van der Waals surface area contributed by atoms with E-state index in [0.29, 0.717) is 5.56 Å². The highest BCUT2D eigenvalue weighted by atomic mass is 79.9. The lowest BCUT2D eigenvalue weighted by Gasteiger charge is -2.00. The Kier molecular flexibility index (Phi) is 2.25. The Morgan fingerprint density at radius 1 is 1.43 bits per heavy atom. The van der Waals surface area contributed by atoms with Gasteiger partial charge in [-0.15, -0.1) is 0 Å². The topological polar surface area (TPSA) is 32.9 Å². The van der Waals surface area contributed by atoms with E-state index in [2.05, 4.69) is 27.5 Å². The van der Waals surface area contributed by atoms with Crippen molar-refractivity contribution in [1.29, 1.82) is 0 Å². The lowest BCUT2D eigenvalue weighted by molar-refractivity contribution is 0.112. The van der Waals surface area contributed by atoms with Gasteiger partial charge in [0.2, 0.25) is 0 Å². The van der Waals surface area contributed by atoms with E-state index in [1.807, 2.05) is 12.1 Å². The van der Waals surface area contributed by atoms with Crippen LogP contribution in [0, 0.1) is 0 Å². The maximum Gasteiger partial charge on any atom is 0.152 e. The zero-order valence-corrected chi connectivity index (χ0v) is 8.97. The van der Waals surface area contributed by atoms with Gasteiger partial charge in [0, 0.05) is 27.1 Å². The number of aldehydes is 1. The first-order valence-corrected chi connectivity index (χ1v) is 4.94. The summed E-state index contributed by atoms with van der Waals surface area (Å²) in [5, 5.41) is 0.921. The lowest BCUT2D eigenvalue weighted by atomic mass is 10.1. The number of benzene rings is 1. The molecule has 0 unspecified atom stereocenters. The molecule has 0 aliphatic heterocycles. The van der Waals surface area contributed by atoms with Gasteiger partial charge in [0.25, 0.3) is 0 Å². The summed E-state index contributed by atoms with van der Waals surface area (Å²) in [5.74, 6) is 0. The average Bonchev–Trinajstić information content (AvgIpc) is 2.61. The molecular formula is C11H8BrNO. The van der Waals surface area contributed by atoms with Gasteiger partial charge in [-0.05, 0) is 17.7 Å². The Morgan fingerprint density at radius 3 is 2.86 bits per heavy atom. The smallest absolute Gasteiger partial charge is 0.152 e. The first-order valence-electron chi connectivity index (χ1n) is 4.15. The summed E-state index contributed by atoms with van der Waals surface area (Å²) in [4.78, 5) is 13.8. The Balaban J connectivity index is 2.95. The molecule has 0 saturated heterocycles. The highest BCUT2D eigenvalue weighted by molar-refractivity contribution is 9.10. The summed E-state index contributed by atoms with van der Waals surface area (Å²) in [5.41, 5.74) is 2.56. The second kappa shape index (κ2) is 3.42. The molecular weight excluding hydrogens is 242 g/mol. The fourth-order valence-electron chi connectivity index (χ4n) is 1.55. The minimum absolute atomic E-state index is 0.663. The Morgan fingerprint density at radius 2 is 2.21 bits per heavy atom. The van der Waals surface area contributed by atoms with Crippen LogP contribution in [-0.4, -0.2) is 11.3 Å². The molecule has 1 aromatic heterocycles. The van der Waals surface area contributed by atoms with Crippen molar-refractivity contribution in [2.45, 2.75) is 0 Å². The van der Waals surface area contributed by atoms with Gasteiger partial charge in [-0.3, -0.25) is 4.79 Å². The van der Waals surface area contributed by atoms with Crippen LogP contribution in [0.2, 0.25) is 0 Å². The van der Waals surface area contributed by atoms with Gasteiger partial charge in [-0.2, -0.15) is 0 Å². The van der Waals surface area contributed by atoms with Gasteiger partial charge in [-0.1, -0.05) is 28.6 Å². The molecule has 0 bridgehead atoms. The van der Waals surface area contributed by atoms with Crippen LogP contribution in [0.25, 0.3) is 17.0 Å². The maximum atomic E-state index is 10.8. The molecule has 0 radical (unpaired) electrons. The van der Waals surface area contributed by atoms with E-state index < -0.39 is 0 Å². The van der Waals surface area contributed by atoms with E-state index in [-0.39, 0.29) is 0 Å². The Labute approximate surface area is 89.8 Å². The van der Waals surface area contributed by atoms with E-state index in [1.54, 1.807) is 12.3 Å². The van der Waals surface area contributed by atoms with Crippen LogP contribution in [0.5, 0.6) is 0 Å². The predicted molar refractivity (Wildman–Crippen MR) is 61.5 cm³/mol. The molecule has 2 rings (SSSR count). The van der Waals surface area contributed by atoms with Gasteiger partial charge in [-0.25, -0.2) is 0 Å². The molecule has 0 aliphatic rings. The van der Waals surface area contributed by atoms with Crippen LogP contribution in [0.3, 0.4) is 0 Å². The fourth-order valence-corrected chi connectivity index (χ4v) is 2.04. The minimum atomic E-state index is 0.663. The van der Waals surface area contributed by atoms with E-state index in [4.69, 9.17) is 0 Å². The number of aromatic amines is 1. The number of halogens is 1. The van der Waals surface area contributed by atoms with Crippen LogP contribution in [0.15, 0.2) is 29.4 Å². The molecule has 70 valence electrons. The van der Waals surface area contributed by atoms with E-state index >= 15 is 0 Å². The molecule has 2 aromatic rings. The standard InChI is InChI=1S/C11H8BrNO/c1-2-8-9(12)3-4-10-11(8)7(6-14)5-13-10/h2-6,13H,1H2. The highest BCUT2D eigenvalue weighted by Crippen LogP contribution is 2.28. The molecule has 0 spiro atoms. The number of fused-ring (bicyclic) bond motifs is 1. The molecule has 1 heterocycles. The van der Waals surface area contributed by atoms with E-state index in [1.165, 1.54) is 0 Å². The largest absolute Gasteiger partial charge is 0.360 e. The third-order valence-electron chi connectivity index (χ3n) is 2.20. The first kappa shape index (κ1) is 9.21. The second-order valence-electron chi connectivity index (χ2n) is 2.95. The Hall–Kier alpha value is -1.35. The van der Waals surface area contributed by atoms with Gasteiger partial charge in [0.15, 0.2) is 6.29 Å². The number of aromatic nitrogens is 1. The summed E-state index contributed by atoms with van der Waals surface area (Å²) in [6.45, 7) is 3.74. The summed E-state index contributed by atoms with van der Waals surface area (Å²) in [6.07, 6.45) is 4.29. The molecule has 0 atom stereocenters. The zero-order valence-electron chi connectivity index (χ0n) is 7.38. The van der Waals surface area contributed by atoms with Crippen LogP contribution < -0.4 is 0 Å². The monoisotopic (exact) mass is 249 g/mol. The summed E-state index contributed by atoms with van der Waals surface area (Å²) in [6, 6.07) is 3.86. The van der Waals surface area contributed by atoms with Gasteiger partial charge < -0.3 is 4.98 Å². The normalized spacial score (nSPS) is 10.4. The van der Waals surface area contributed by atoms with Crippen LogP contribution in [0.4, 0.5) is 0 Å².